The van der Waals surface area contributed by atoms with E-state index in [4.69, 9.17) is 0 Å². The second kappa shape index (κ2) is 3.73. The number of rotatable bonds is 3. The lowest BCUT2D eigenvalue weighted by atomic mass is 10.6. The van der Waals surface area contributed by atoms with E-state index in [1.54, 1.807) is 29.3 Å². The van der Waals surface area contributed by atoms with Crippen LogP contribution in [0.4, 0.5) is 0 Å². The van der Waals surface area contributed by atoms with Crippen LogP contribution in [-0.2, 0) is 5.75 Å². The van der Waals surface area contributed by atoms with Crippen molar-refractivity contribution in [3.63, 3.8) is 0 Å². The number of hydrogen-bond acceptors (Lipinski definition) is 4. The molecule has 0 aliphatic carbocycles. The molecule has 0 aliphatic rings. The molecule has 2 aromatic rings. The minimum atomic E-state index is 0.886. The van der Waals surface area contributed by atoms with Crippen LogP contribution in [0.5, 0.6) is 0 Å². The van der Waals surface area contributed by atoms with Crippen molar-refractivity contribution < 1.29 is 0 Å². The van der Waals surface area contributed by atoms with Crippen LogP contribution in [0.3, 0.4) is 0 Å². The van der Waals surface area contributed by atoms with Gasteiger partial charge in [0.25, 0.3) is 0 Å². The van der Waals surface area contributed by atoms with Gasteiger partial charge in [-0.3, -0.25) is 0 Å². The summed E-state index contributed by atoms with van der Waals surface area (Å²) < 4.78 is 0. The lowest BCUT2D eigenvalue weighted by Gasteiger charge is -1.92. The Balaban J connectivity index is 1.91. The highest BCUT2D eigenvalue weighted by atomic mass is 32.2. The third-order valence-electron chi connectivity index (χ3n) is 1.31. The zero-order valence-electron chi connectivity index (χ0n) is 6.23. The molecule has 2 heterocycles. The smallest absolute Gasteiger partial charge is 0.165 e. The van der Waals surface area contributed by atoms with Crippen LogP contribution in [0.15, 0.2) is 28.4 Å². The van der Waals surface area contributed by atoms with Gasteiger partial charge in [0.05, 0.1) is 11.2 Å². The number of thiazole rings is 1. The normalized spacial score (nSPS) is 10.3. The molecule has 2 aromatic heterocycles. The number of hydrogen-bond donors (Lipinski definition) is 1. The zero-order chi connectivity index (χ0) is 8.23. The maximum absolute atomic E-state index is 4.17. The fourth-order valence-corrected chi connectivity index (χ4v) is 2.17. The molecule has 2 rings (SSSR count). The van der Waals surface area contributed by atoms with Crippen molar-refractivity contribution in [1.82, 2.24) is 15.0 Å². The summed E-state index contributed by atoms with van der Waals surface area (Å²) in [5.74, 6) is 0.886. The molecule has 0 unspecified atom stereocenters. The van der Waals surface area contributed by atoms with E-state index in [9.17, 15) is 0 Å². The topological polar surface area (TPSA) is 41.6 Å². The summed E-state index contributed by atoms with van der Waals surface area (Å²) in [5.41, 5.74) is 2.96. The molecule has 0 aliphatic heterocycles. The summed E-state index contributed by atoms with van der Waals surface area (Å²) in [6, 6.07) is 0. The predicted molar refractivity (Wildman–Crippen MR) is 50.3 cm³/mol. The molecule has 12 heavy (non-hydrogen) atoms. The highest BCUT2D eigenvalue weighted by Gasteiger charge is 1.98. The van der Waals surface area contributed by atoms with Gasteiger partial charge in [-0.2, -0.15) is 0 Å². The second-order valence-electron chi connectivity index (χ2n) is 2.16. The molecule has 0 radical (unpaired) electrons. The van der Waals surface area contributed by atoms with Gasteiger partial charge in [0.1, 0.15) is 0 Å². The Bertz CT molecular complexity index is 280. The van der Waals surface area contributed by atoms with E-state index in [-0.39, 0.29) is 0 Å². The van der Waals surface area contributed by atoms with E-state index in [1.165, 1.54) is 0 Å². The average molecular weight is 197 g/mol. The monoisotopic (exact) mass is 197 g/mol. The lowest BCUT2D eigenvalue weighted by molar-refractivity contribution is 1.05. The summed E-state index contributed by atoms with van der Waals surface area (Å²) >= 11 is 3.28. The Kier molecular flexibility index (Phi) is 2.43. The fourth-order valence-electron chi connectivity index (χ4n) is 0.781. The van der Waals surface area contributed by atoms with E-state index in [1.807, 2.05) is 11.7 Å². The summed E-state index contributed by atoms with van der Waals surface area (Å²) in [6.07, 6.45) is 3.58. The van der Waals surface area contributed by atoms with Crippen molar-refractivity contribution in [3.8, 4) is 0 Å². The lowest BCUT2D eigenvalue weighted by Crippen LogP contribution is -1.80. The van der Waals surface area contributed by atoms with E-state index in [0.717, 1.165) is 16.6 Å². The first-order valence-electron chi connectivity index (χ1n) is 3.44. The number of thioether (sulfide) groups is 1. The fraction of sp³-hybridized carbons (Fsp3) is 0.143. The third kappa shape index (κ3) is 1.86. The summed E-state index contributed by atoms with van der Waals surface area (Å²) in [4.78, 5) is 11.3. The minimum Gasteiger partial charge on any atom is -0.340 e. The number of imidazole rings is 1. The number of aromatic amines is 1. The molecule has 0 bridgehead atoms. The highest BCUT2D eigenvalue weighted by molar-refractivity contribution is 7.98. The first-order chi connectivity index (χ1) is 5.95. The van der Waals surface area contributed by atoms with Gasteiger partial charge in [0.2, 0.25) is 0 Å². The Morgan fingerprint density at radius 2 is 2.50 bits per heavy atom. The van der Waals surface area contributed by atoms with Gasteiger partial charge < -0.3 is 4.98 Å². The van der Waals surface area contributed by atoms with E-state index in [2.05, 4.69) is 20.3 Å². The van der Waals surface area contributed by atoms with Gasteiger partial charge in [0, 0.05) is 23.5 Å². The molecule has 0 saturated heterocycles. The molecule has 62 valence electrons. The average Bonchev–Trinajstić information content (AvgIpc) is 2.74. The van der Waals surface area contributed by atoms with Crippen molar-refractivity contribution >= 4 is 23.1 Å². The van der Waals surface area contributed by atoms with Crippen LogP contribution in [0.2, 0.25) is 0 Å². The minimum absolute atomic E-state index is 0.886. The predicted octanol–water partition coefficient (Wildman–Crippen LogP) is 2.16. The van der Waals surface area contributed by atoms with Gasteiger partial charge in [-0.15, -0.1) is 11.3 Å². The van der Waals surface area contributed by atoms with Crippen LogP contribution in [0, 0.1) is 0 Å². The van der Waals surface area contributed by atoms with E-state index >= 15 is 0 Å². The molecule has 0 amide bonds. The summed E-state index contributed by atoms with van der Waals surface area (Å²) in [7, 11) is 0. The molecule has 3 nitrogen and oxygen atoms in total. The van der Waals surface area contributed by atoms with Gasteiger partial charge in [-0.25, -0.2) is 9.97 Å². The third-order valence-corrected chi connectivity index (χ3v) is 2.89. The highest BCUT2D eigenvalue weighted by Crippen LogP contribution is 2.17. The second-order valence-corrected chi connectivity index (χ2v) is 3.85. The maximum Gasteiger partial charge on any atom is 0.165 e. The molecule has 0 fully saturated rings. The molecular formula is C7H7N3S2. The Hall–Kier alpha value is -0.810. The molecule has 0 atom stereocenters. The van der Waals surface area contributed by atoms with Crippen molar-refractivity contribution in [2.45, 2.75) is 10.9 Å². The summed E-state index contributed by atoms with van der Waals surface area (Å²) in [5, 5.41) is 3.00. The van der Waals surface area contributed by atoms with E-state index in [0.29, 0.717) is 0 Å². The SMILES string of the molecule is c1c[nH]c(SCc2cscn2)n1. The molecule has 5 heteroatoms. The van der Waals surface area contributed by atoms with Gasteiger partial charge in [-0.05, 0) is 0 Å². The molecule has 0 saturated carbocycles. The van der Waals surface area contributed by atoms with Gasteiger partial charge >= 0.3 is 0 Å². The standard InChI is InChI=1S/C7H7N3S2/c1-2-9-7(8-1)12-4-6-3-11-5-10-6/h1-3,5H,4H2,(H,8,9). The molecule has 0 aromatic carbocycles. The summed E-state index contributed by atoms with van der Waals surface area (Å²) in [6.45, 7) is 0. The Morgan fingerprint density at radius 1 is 1.50 bits per heavy atom. The van der Waals surface area contributed by atoms with Crippen LogP contribution in [0.25, 0.3) is 0 Å². The van der Waals surface area contributed by atoms with Gasteiger partial charge in [-0.1, -0.05) is 11.8 Å². The largest absolute Gasteiger partial charge is 0.340 e. The molecular weight excluding hydrogens is 190 g/mol. The van der Waals surface area contributed by atoms with Crippen molar-refractivity contribution in [2.75, 3.05) is 0 Å². The Labute approximate surface area is 78.3 Å². The van der Waals surface area contributed by atoms with Gasteiger partial charge in [0.15, 0.2) is 5.16 Å². The maximum atomic E-state index is 4.17. The number of aromatic nitrogens is 3. The van der Waals surface area contributed by atoms with Crippen molar-refractivity contribution in [1.29, 1.82) is 0 Å². The number of nitrogens with zero attached hydrogens (tertiary/aromatic N) is 2. The van der Waals surface area contributed by atoms with Crippen molar-refractivity contribution in [2.24, 2.45) is 0 Å². The quantitative estimate of drug-likeness (QED) is 0.767. The first-order valence-corrected chi connectivity index (χ1v) is 5.37. The van der Waals surface area contributed by atoms with Crippen LogP contribution in [-0.4, -0.2) is 15.0 Å². The van der Waals surface area contributed by atoms with Crippen LogP contribution in [0.1, 0.15) is 5.69 Å². The number of H-pyrrole nitrogens is 1. The van der Waals surface area contributed by atoms with Crippen molar-refractivity contribution in [3.05, 3.63) is 29.0 Å². The van der Waals surface area contributed by atoms with Crippen LogP contribution >= 0.6 is 23.1 Å². The van der Waals surface area contributed by atoms with E-state index < -0.39 is 0 Å². The number of nitrogens with one attached hydrogen (secondary N) is 1. The zero-order valence-corrected chi connectivity index (χ0v) is 7.86. The molecule has 0 spiro atoms. The van der Waals surface area contributed by atoms with Crippen LogP contribution < -0.4 is 0 Å². The first kappa shape index (κ1) is 7.82. The molecule has 1 N–H and O–H groups in total. The Morgan fingerprint density at radius 3 is 3.17 bits per heavy atom.